The van der Waals surface area contributed by atoms with Gasteiger partial charge >= 0.3 is 0 Å². The number of nitriles is 1. The molecule has 0 heterocycles. The van der Waals surface area contributed by atoms with Gasteiger partial charge in [0.1, 0.15) is 17.4 Å². The summed E-state index contributed by atoms with van der Waals surface area (Å²) >= 11 is 0. The van der Waals surface area contributed by atoms with Gasteiger partial charge in [0, 0.05) is 0 Å². The number of aryl methyl sites for hydroxylation is 1. The zero-order valence-electron chi connectivity index (χ0n) is 6.06. The van der Waals surface area contributed by atoms with E-state index in [1.807, 2.05) is 0 Å². The monoisotopic (exact) mass is 150 g/mol. The third kappa shape index (κ3) is 1.15. The van der Waals surface area contributed by atoms with Gasteiger partial charge in [0.15, 0.2) is 0 Å². The van der Waals surface area contributed by atoms with Gasteiger partial charge in [-0.05, 0) is 18.6 Å². The quantitative estimate of drug-likeness (QED) is 0.571. The van der Waals surface area contributed by atoms with Gasteiger partial charge in [-0.1, -0.05) is 6.07 Å². The lowest BCUT2D eigenvalue weighted by atomic mass is 10.1. The van der Waals surface area contributed by atoms with Crippen molar-refractivity contribution in [2.24, 2.45) is 0 Å². The fourth-order valence-electron chi connectivity index (χ4n) is 0.809. The summed E-state index contributed by atoms with van der Waals surface area (Å²) in [7, 11) is 0. The summed E-state index contributed by atoms with van der Waals surface area (Å²) in [5, 5.41) is 8.45. The van der Waals surface area contributed by atoms with Crippen LogP contribution in [0.3, 0.4) is 0 Å². The maximum atomic E-state index is 13.0. The van der Waals surface area contributed by atoms with Gasteiger partial charge in [-0.2, -0.15) is 5.26 Å². The highest BCUT2D eigenvalue weighted by atomic mass is 19.1. The molecule has 3 heteroatoms. The molecular weight excluding hydrogens is 143 g/mol. The fourth-order valence-corrected chi connectivity index (χ4v) is 0.809. The predicted molar refractivity (Wildman–Crippen MR) is 40.3 cm³/mol. The fraction of sp³-hybridized carbons (Fsp3) is 0.125. The highest BCUT2D eigenvalue weighted by molar-refractivity contribution is 5.55. The number of anilines is 1. The average molecular weight is 150 g/mol. The second-order valence-corrected chi connectivity index (χ2v) is 2.27. The van der Waals surface area contributed by atoms with Crippen molar-refractivity contribution in [2.45, 2.75) is 6.92 Å². The molecule has 0 aliphatic carbocycles. The third-order valence-electron chi connectivity index (χ3n) is 1.48. The molecule has 0 aliphatic heterocycles. The molecule has 0 spiro atoms. The molecule has 0 bridgehead atoms. The Hall–Kier alpha value is -1.56. The van der Waals surface area contributed by atoms with Crippen LogP contribution in [0.1, 0.15) is 11.1 Å². The van der Waals surface area contributed by atoms with E-state index >= 15 is 0 Å². The number of nitrogens with two attached hydrogens (primary N) is 1. The number of hydrogen-bond acceptors (Lipinski definition) is 2. The Morgan fingerprint density at radius 2 is 2.18 bits per heavy atom. The Morgan fingerprint density at radius 3 is 2.64 bits per heavy atom. The zero-order valence-corrected chi connectivity index (χ0v) is 6.06. The minimum atomic E-state index is -0.521. The second kappa shape index (κ2) is 2.59. The molecule has 56 valence electrons. The van der Waals surface area contributed by atoms with Crippen LogP contribution in [0.15, 0.2) is 12.1 Å². The van der Waals surface area contributed by atoms with Gasteiger partial charge in [-0.25, -0.2) is 4.39 Å². The SMILES string of the molecule is Cc1ccc(N)c(C#N)c1F. The highest BCUT2D eigenvalue weighted by Crippen LogP contribution is 2.17. The topological polar surface area (TPSA) is 49.8 Å². The average Bonchev–Trinajstić information content (AvgIpc) is 1.99. The van der Waals surface area contributed by atoms with Crippen LogP contribution >= 0.6 is 0 Å². The smallest absolute Gasteiger partial charge is 0.145 e. The predicted octanol–water partition coefficient (Wildman–Crippen LogP) is 1.59. The van der Waals surface area contributed by atoms with Gasteiger partial charge < -0.3 is 5.73 Å². The Morgan fingerprint density at radius 1 is 1.55 bits per heavy atom. The Bertz CT molecular complexity index is 326. The van der Waals surface area contributed by atoms with Crippen LogP contribution in [0.4, 0.5) is 10.1 Å². The van der Waals surface area contributed by atoms with Crippen molar-refractivity contribution in [3.63, 3.8) is 0 Å². The van der Waals surface area contributed by atoms with E-state index in [1.165, 1.54) is 6.07 Å². The number of nitrogens with zero attached hydrogens (tertiary/aromatic N) is 1. The molecule has 2 nitrogen and oxygen atoms in total. The summed E-state index contributed by atoms with van der Waals surface area (Å²) in [5.41, 5.74) is 5.90. The molecule has 0 saturated heterocycles. The first kappa shape index (κ1) is 7.55. The Kier molecular flexibility index (Phi) is 1.77. The molecule has 11 heavy (non-hydrogen) atoms. The van der Waals surface area contributed by atoms with E-state index in [9.17, 15) is 4.39 Å². The summed E-state index contributed by atoms with van der Waals surface area (Å²) in [4.78, 5) is 0. The standard InChI is InChI=1S/C8H7FN2/c1-5-2-3-7(11)6(4-10)8(5)9/h2-3H,11H2,1H3. The normalized spacial score (nSPS) is 9.18. The van der Waals surface area contributed by atoms with Gasteiger partial charge in [0.05, 0.1) is 5.69 Å². The van der Waals surface area contributed by atoms with Crippen molar-refractivity contribution in [3.8, 4) is 6.07 Å². The van der Waals surface area contributed by atoms with Gasteiger partial charge in [-0.3, -0.25) is 0 Å². The van der Waals surface area contributed by atoms with E-state index in [-0.39, 0.29) is 11.3 Å². The summed E-state index contributed by atoms with van der Waals surface area (Å²) in [6.07, 6.45) is 0. The van der Waals surface area contributed by atoms with E-state index < -0.39 is 5.82 Å². The largest absolute Gasteiger partial charge is 0.398 e. The number of hydrogen-bond donors (Lipinski definition) is 1. The minimum absolute atomic E-state index is 0.0648. The van der Waals surface area contributed by atoms with Crippen LogP contribution in [-0.2, 0) is 0 Å². The molecule has 1 aromatic carbocycles. The van der Waals surface area contributed by atoms with Crippen molar-refractivity contribution in [2.75, 3.05) is 5.73 Å². The number of benzene rings is 1. The molecule has 0 aliphatic rings. The van der Waals surface area contributed by atoms with Crippen molar-refractivity contribution < 1.29 is 4.39 Å². The molecule has 0 aromatic heterocycles. The van der Waals surface area contributed by atoms with Crippen LogP contribution in [-0.4, -0.2) is 0 Å². The lowest BCUT2D eigenvalue weighted by Gasteiger charge is -2.00. The molecule has 2 N–H and O–H groups in total. The molecule has 0 saturated carbocycles. The first-order valence-electron chi connectivity index (χ1n) is 3.11. The molecule has 0 amide bonds. The Balaban J connectivity index is 3.44. The van der Waals surface area contributed by atoms with E-state index in [2.05, 4.69) is 0 Å². The zero-order chi connectivity index (χ0) is 8.43. The number of nitrogen functional groups attached to an aromatic ring is 1. The molecule has 1 rings (SSSR count). The lowest BCUT2D eigenvalue weighted by Crippen LogP contribution is -1.95. The molecule has 0 radical (unpaired) electrons. The van der Waals surface area contributed by atoms with Crippen LogP contribution in [0.25, 0.3) is 0 Å². The van der Waals surface area contributed by atoms with Crippen LogP contribution in [0.5, 0.6) is 0 Å². The third-order valence-corrected chi connectivity index (χ3v) is 1.48. The van der Waals surface area contributed by atoms with Gasteiger partial charge in [0.25, 0.3) is 0 Å². The van der Waals surface area contributed by atoms with E-state index in [1.54, 1.807) is 19.1 Å². The maximum Gasteiger partial charge on any atom is 0.145 e. The van der Waals surface area contributed by atoms with Crippen LogP contribution < -0.4 is 5.73 Å². The summed E-state index contributed by atoms with van der Waals surface area (Å²) in [6, 6.07) is 4.78. The van der Waals surface area contributed by atoms with Crippen LogP contribution in [0, 0.1) is 24.1 Å². The maximum absolute atomic E-state index is 13.0. The van der Waals surface area contributed by atoms with E-state index in [0.29, 0.717) is 5.56 Å². The second-order valence-electron chi connectivity index (χ2n) is 2.27. The molecule has 0 atom stereocenters. The number of rotatable bonds is 0. The van der Waals surface area contributed by atoms with Crippen molar-refractivity contribution in [1.82, 2.24) is 0 Å². The van der Waals surface area contributed by atoms with Crippen molar-refractivity contribution >= 4 is 5.69 Å². The summed E-state index contributed by atoms with van der Waals surface area (Å²) < 4.78 is 13.0. The number of halogens is 1. The van der Waals surface area contributed by atoms with Gasteiger partial charge in [0.2, 0.25) is 0 Å². The van der Waals surface area contributed by atoms with E-state index in [0.717, 1.165) is 0 Å². The lowest BCUT2D eigenvalue weighted by molar-refractivity contribution is 0.615. The molecule has 0 fully saturated rings. The summed E-state index contributed by atoms with van der Waals surface area (Å²) in [5.74, 6) is -0.521. The Labute approximate surface area is 64.1 Å². The first-order valence-corrected chi connectivity index (χ1v) is 3.11. The summed E-state index contributed by atoms with van der Waals surface area (Å²) in [6.45, 7) is 1.59. The highest BCUT2D eigenvalue weighted by Gasteiger charge is 2.07. The molecular formula is C8H7FN2. The molecule has 0 unspecified atom stereocenters. The molecule has 1 aromatic rings. The van der Waals surface area contributed by atoms with Crippen LogP contribution in [0.2, 0.25) is 0 Å². The van der Waals surface area contributed by atoms with Gasteiger partial charge in [-0.15, -0.1) is 0 Å². The first-order chi connectivity index (χ1) is 5.16. The van der Waals surface area contributed by atoms with E-state index in [4.69, 9.17) is 11.0 Å². The van der Waals surface area contributed by atoms with Crippen molar-refractivity contribution in [3.05, 3.63) is 29.1 Å². The van der Waals surface area contributed by atoms with Crippen molar-refractivity contribution in [1.29, 1.82) is 5.26 Å². The minimum Gasteiger partial charge on any atom is -0.398 e.